The summed E-state index contributed by atoms with van der Waals surface area (Å²) in [7, 11) is 0. The molecule has 1 saturated carbocycles. The maximum Gasteiger partial charge on any atom is 0.225 e. The van der Waals surface area contributed by atoms with Gasteiger partial charge < -0.3 is 4.90 Å². The minimum absolute atomic E-state index is 0.158. The lowest BCUT2D eigenvalue weighted by molar-refractivity contribution is -0.126. The zero-order chi connectivity index (χ0) is 19.8. The number of hydrogen-bond acceptors (Lipinski definition) is 6. The molecule has 6 heteroatoms. The monoisotopic (exact) mass is 402 g/mol. The Hall–Kier alpha value is -1.14. The fraction of sp³-hybridized carbons (Fsp3) is 0.773. The van der Waals surface area contributed by atoms with Gasteiger partial charge in [0, 0.05) is 49.4 Å². The molecule has 3 atom stereocenters. The number of piperazine rings is 1. The molecule has 1 aromatic rings. The van der Waals surface area contributed by atoms with Crippen molar-refractivity contribution in [1.82, 2.24) is 14.9 Å². The van der Waals surface area contributed by atoms with Gasteiger partial charge in [-0.25, -0.2) is 9.97 Å². The zero-order valence-corrected chi connectivity index (χ0v) is 18.3. The number of hydrogen-bond donors (Lipinski definition) is 1. The molecule has 3 heterocycles. The summed E-state index contributed by atoms with van der Waals surface area (Å²) in [6, 6.07) is 1.02. The Labute approximate surface area is 174 Å². The van der Waals surface area contributed by atoms with Crippen LogP contribution in [0.3, 0.4) is 0 Å². The highest BCUT2D eigenvalue weighted by Crippen LogP contribution is 2.38. The molecule has 1 aliphatic carbocycles. The summed E-state index contributed by atoms with van der Waals surface area (Å²) < 4.78 is 0. The predicted molar refractivity (Wildman–Crippen MR) is 116 cm³/mol. The van der Waals surface area contributed by atoms with Crippen LogP contribution in [0.4, 0.5) is 5.95 Å². The van der Waals surface area contributed by atoms with E-state index in [9.17, 15) is 4.79 Å². The molecule has 0 radical (unpaired) electrons. The van der Waals surface area contributed by atoms with Crippen LogP contribution in [0.1, 0.15) is 70.8 Å². The lowest BCUT2D eigenvalue weighted by atomic mass is 9.76. The Balaban J connectivity index is 1.38. The van der Waals surface area contributed by atoms with Crippen LogP contribution in [0, 0.1) is 11.8 Å². The van der Waals surface area contributed by atoms with Gasteiger partial charge in [-0.15, -0.1) is 0 Å². The number of rotatable bonds is 5. The van der Waals surface area contributed by atoms with Gasteiger partial charge in [-0.2, -0.15) is 12.6 Å². The van der Waals surface area contributed by atoms with E-state index in [0.717, 1.165) is 44.7 Å². The Morgan fingerprint density at radius 3 is 2.07 bits per heavy atom. The van der Waals surface area contributed by atoms with Gasteiger partial charge in [0.15, 0.2) is 0 Å². The van der Waals surface area contributed by atoms with E-state index < -0.39 is 0 Å². The maximum absolute atomic E-state index is 12.3. The molecule has 28 heavy (non-hydrogen) atoms. The minimum atomic E-state index is 0.158. The van der Waals surface area contributed by atoms with Crippen LogP contribution in [0.15, 0.2) is 12.4 Å². The lowest BCUT2D eigenvalue weighted by Crippen LogP contribution is -2.55. The zero-order valence-electron chi connectivity index (χ0n) is 17.4. The largest absolute Gasteiger partial charge is 0.332 e. The molecule has 3 aliphatic rings. The summed E-state index contributed by atoms with van der Waals surface area (Å²) in [6.45, 7) is 8.31. The smallest absolute Gasteiger partial charge is 0.225 e. The first-order valence-electron chi connectivity index (χ1n) is 11.0. The third-order valence-electron chi connectivity index (χ3n) is 7.10. The molecule has 154 valence electrons. The number of fused-ring (bicyclic) bond motifs is 2. The van der Waals surface area contributed by atoms with Gasteiger partial charge in [-0.05, 0) is 56.9 Å². The number of aromatic nitrogens is 2. The van der Waals surface area contributed by atoms with Gasteiger partial charge in [-0.3, -0.25) is 9.69 Å². The molecular formula is C22H34N4OS. The highest BCUT2D eigenvalue weighted by Gasteiger charge is 2.42. The Morgan fingerprint density at radius 2 is 1.57 bits per heavy atom. The molecule has 0 spiro atoms. The molecule has 0 N–H and O–H groups in total. The first kappa shape index (κ1) is 20.1. The van der Waals surface area contributed by atoms with E-state index in [2.05, 4.69) is 29.4 Å². The van der Waals surface area contributed by atoms with Crippen molar-refractivity contribution in [3.05, 3.63) is 18.0 Å². The van der Waals surface area contributed by atoms with Crippen LogP contribution in [0.2, 0.25) is 0 Å². The number of Topliss-reactive ketones (excluding diaryl/α,β-unsaturated/α-hetero) is 1. The van der Waals surface area contributed by atoms with Gasteiger partial charge in [0.05, 0.1) is 5.37 Å². The molecule has 1 aromatic heterocycles. The fourth-order valence-corrected chi connectivity index (χ4v) is 5.61. The molecule has 2 saturated heterocycles. The minimum Gasteiger partial charge on any atom is -0.332 e. The normalized spacial score (nSPS) is 32.0. The van der Waals surface area contributed by atoms with Gasteiger partial charge in [0.25, 0.3) is 0 Å². The Kier molecular flexibility index (Phi) is 5.98. The third kappa shape index (κ3) is 3.95. The predicted octanol–water partition coefficient (Wildman–Crippen LogP) is 3.90. The average Bonchev–Trinajstić information content (AvgIpc) is 2.96. The van der Waals surface area contributed by atoms with Crippen LogP contribution in [0.5, 0.6) is 0 Å². The summed E-state index contributed by atoms with van der Waals surface area (Å²) >= 11 is 4.62. The van der Waals surface area contributed by atoms with Gasteiger partial charge in [-0.1, -0.05) is 13.8 Å². The van der Waals surface area contributed by atoms with Crippen LogP contribution in [-0.2, 0) is 4.79 Å². The fourth-order valence-electron chi connectivity index (χ4n) is 5.43. The molecule has 0 amide bonds. The van der Waals surface area contributed by atoms with Crippen molar-refractivity contribution < 1.29 is 4.79 Å². The Morgan fingerprint density at radius 1 is 1.00 bits per heavy atom. The van der Waals surface area contributed by atoms with Crippen LogP contribution < -0.4 is 4.90 Å². The van der Waals surface area contributed by atoms with Crippen molar-refractivity contribution in [3.8, 4) is 0 Å². The SMILES string of the molecule is CC(C)C(=O)C1CCC(c2cnc(N3C4CCC3CN(C(C)S)C4)nc2)CC1. The summed E-state index contributed by atoms with van der Waals surface area (Å²) in [4.78, 5) is 26.7. The van der Waals surface area contributed by atoms with Gasteiger partial charge in [0.1, 0.15) is 5.78 Å². The number of nitrogens with zero attached hydrogens (tertiary/aromatic N) is 4. The quantitative estimate of drug-likeness (QED) is 0.757. The first-order valence-corrected chi connectivity index (χ1v) is 11.5. The molecular weight excluding hydrogens is 368 g/mol. The van der Waals surface area contributed by atoms with E-state index in [1.54, 1.807) is 0 Å². The van der Waals surface area contributed by atoms with Crippen LogP contribution in [-0.4, -0.2) is 51.2 Å². The Bertz CT molecular complexity index is 670. The van der Waals surface area contributed by atoms with Crippen LogP contribution in [0.25, 0.3) is 0 Å². The van der Waals surface area contributed by atoms with Crippen molar-refractivity contribution in [2.75, 3.05) is 18.0 Å². The van der Waals surface area contributed by atoms with Crippen molar-refractivity contribution in [2.24, 2.45) is 11.8 Å². The number of thiol groups is 1. The number of anilines is 1. The van der Waals surface area contributed by atoms with E-state index in [0.29, 0.717) is 29.2 Å². The molecule has 4 rings (SSSR count). The highest BCUT2D eigenvalue weighted by atomic mass is 32.1. The standard InChI is InChI=1S/C22H34N4OS/c1-14(2)21(27)17-6-4-16(5-7-17)18-10-23-22(24-11-18)26-19-8-9-20(26)13-25(12-19)15(3)28/h10-11,14-17,19-20,28H,4-9,12-13H2,1-3H3. The van der Waals surface area contributed by atoms with Gasteiger partial charge >= 0.3 is 0 Å². The van der Waals surface area contributed by atoms with Gasteiger partial charge in [0.2, 0.25) is 5.95 Å². The number of carbonyl (C=O) groups excluding carboxylic acids is 1. The third-order valence-corrected chi connectivity index (χ3v) is 7.42. The summed E-state index contributed by atoms with van der Waals surface area (Å²) in [5, 5.41) is 0.311. The molecule has 3 fully saturated rings. The van der Waals surface area contributed by atoms with Crippen LogP contribution >= 0.6 is 12.6 Å². The number of ketones is 1. The van der Waals surface area contributed by atoms with E-state index in [-0.39, 0.29) is 11.8 Å². The van der Waals surface area contributed by atoms with Crippen molar-refractivity contribution >= 4 is 24.4 Å². The van der Waals surface area contributed by atoms with E-state index in [1.807, 2.05) is 26.2 Å². The maximum atomic E-state index is 12.3. The second-order valence-electron chi connectivity index (χ2n) is 9.30. The van der Waals surface area contributed by atoms with E-state index >= 15 is 0 Å². The van der Waals surface area contributed by atoms with E-state index in [4.69, 9.17) is 9.97 Å². The van der Waals surface area contributed by atoms with Crippen molar-refractivity contribution in [3.63, 3.8) is 0 Å². The first-order chi connectivity index (χ1) is 13.4. The molecule has 5 nitrogen and oxygen atoms in total. The average molecular weight is 403 g/mol. The topological polar surface area (TPSA) is 49.3 Å². The number of likely N-dealkylation sites (tertiary alicyclic amines) is 1. The highest BCUT2D eigenvalue weighted by molar-refractivity contribution is 7.80. The molecule has 2 bridgehead atoms. The second-order valence-corrected chi connectivity index (χ2v) is 10.0. The lowest BCUT2D eigenvalue weighted by Gasteiger charge is -2.42. The van der Waals surface area contributed by atoms with E-state index in [1.165, 1.54) is 18.4 Å². The summed E-state index contributed by atoms with van der Waals surface area (Å²) in [5.41, 5.74) is 1.24. The summed E-state index contributed by atoms with van der Waals surface area (Å²) in [6.07, 6.45) is 10.7. The molecule has 3 unspecified atom stereocenters. The summed E-state index contributed by atoms with van der Waals surface area (Å²) in [5.74, 6) is 2.26. The molecule has 0 aromatic carbocycles. The molecule has 2 aliphatic heterocycles. The second kappa shape index (κ2) is 8.31. The van der Waals surface area contributed by atoms with Crippen molar-refractivity contribution in [2.45, 2.75) is 82.7 Å². The van der Waals surface area contributed by atoms with Crippen molar-refractivity contribution in [1.29, 1.82) is 0 Å². The number of carbonyl (C=O) groups is 1.